The summed E-state index contributed by atoms with van der Waals surface area (Å²) in [5.74, 6) is 0.190. The summed E-state index contributed by atoms with van der Waals surface area (Å²) < 4.78 is 10.8. The largest absolute Gasteiger partial charge is 0.492 e. The number of nitro benzene ring substituents is 1. The number of morpholine rings is 1. The van der Waals surface area contributed by atoms with Gasteiger partial charge in [-0.15, -0.1) is 0 Å². The van der Waals surface area contributed by atoms with Gasteiger partial charge in [0, 0.05) is 56.6 Å². The first-order chi connectivity index (χ1) is 17.4. The normalized spacial score (nSPS) is 16.0. The quantitative estimate of drug-likeness (QED) is 0.340. The van der Waals surface area contributed by atoms with E-state index in [1.165, 1.54) is 0 Å². The Morgan fingerprint density at radius 2 is 1.83 bits per heavy atom. The Kier molecular flexibility index (Phi) is 8.44. The van der Waals surface area contributed by atoms with Gasteiger partial charge in [-0.1, -0.05) is 11.6 Å². The van der Waals surface area contributed by atoms with Crippen molar-refractivity contribution < 1.29 is 19.2 Å². The number of hydrogen-bond acceptors (Lipinski definition) is 8. The highest BCUT2D eigenvalue weighted by molar-refractivity contribution is 7.80. The molecule has 4 rings (SSSR count). The molecule has 0 bridgehead atoms. The van der Waals surface area contributed by atoms with Crippen LogP contribution in [0.15, 0.2) is 36.4 Å². The number of halogens is 1. The van der Waals surface area contributed by atoms with Crippen molar-refractivity contribution in [3.63, 3.8) is 0 Å². The zero-order chi connectivity index (χ0) is 25.7. The summed E-state index contributed by atoms with van der Waals surface area (Å²) in [6.07, 6.45) is 0. The number of ether oxygens (including phenoxy) is 2. The Morgan fingerprint density at radius 1 is 1.11 bits per heavy atom. The first-order valence-corrected chi connectivity index (χ1v) is 12.5. The molecule has 2 aromatic rings. The molecule has 0 unspecified atom stereocenters. The molecule has 2 aliphatic heterocycles. The molecule has 0 aromatic heterocycles. The molecule has 0 atom stereocenters. The van der Waals surface area contributed by atoms with Crippen molar-refractivity contribution in [2.45, 2.75) is 6.92 Å². The van der Waals surface area contributed by atoms with Crippen LogP contribution in [0, 0.1) is 10.1 Å². The average Bonchev–Trinajstić information content (AvgIpc) is 2.90. The second-order valence-electron chi connectivity index (χ2n) is 8.34. The van der Waals surface area contributed by atoms with Crippen molar-refractivity contribution >= 4 is 51.9 Å². The highest BCUT2D eigenvalue weighted by Crippen LogP contribution is 2.33. The van der Waals surface area contributed by atoms with E-state index in [2.05, 4.69) is 10.2 Å². The van der Waals surface area contributed by atoms with Crippen LogP contribution in [0.1, 0.15) is 17.3 Å². The fourth-order valence-electron chi connectivity index (χ4n) is 4.25. The molecule has 0 saturated carbocycles. The van der Waals surface area contributed by atoms with E-state index in [1.807, 2.05) is 22.8 Å². The van der Waals surface area contributed by atoms with Crippen molar-refractivity contribution in [1.82, 2.24) is 10.2 Å². The Bertz CT molecular complexity index is 1140. The first-order valence-electron chi connectivity index (χ1n) is 11.8. The molecule has 2 fully saturated rings. The minimum absolute atomic E-state index is 0.0950. The van der Waals surface area contributed by atoms with Gasteiger partial charge in [-0.2, -0.15) is 0 Å². The number of rotatable bonds is 6. The van der Waals surface area contributed by atoms with E-state index < -0.39 is 0 Å². The summed E-state index contributed by atoms with van der Waals surface area (Å²) in [7, 11) is 0. The lowest BCUT2D eigenvalue weighted by molar-refractivity contribution is -0.384. The predicted octanol–water partition coefficient (Wildman–Crippen LogP) is 3.32. The van der Waals surface area contributed by atoms with Gasteiger partial charge in [0.05, 0.1) is 29.8 Å². The lowest BCUT2D eigenvalue weighted by atomic mass is 10.1. The van der Waals surface area contributed by atoms with Crippen molar-refractivity contribution in [3.8, 4) is 5.75 Å². The molecule has 10 nitrogen and oxygen atoms in total. The molecule has 2 heterocycles. The van der Waals surface area contributed by atoms with Crippen LogP contribution in [0.2, 0.25) is 5.02 Å². The van der Waals surface area contributed by atoms with E-state index in [-0.39, 0.29) is 16.5 Å². The van der Waals surface area contributed by atoms with Crippen LogP contribution in [-0.4, -0.2) is 79.9 Å². The third-order valence-electron chi connectivity index (χ3n) is 6.15. The van der Waals surface area contributed by atoms with Crippen LogP contribution in [0.4, 0.5) is 17.1 Å². The van der Waals surface area contributed by atoms with Gasteiger partial charge in [0.1, 0.15) is 11.4 Å². The summed E-state index contributed by atoms with van der Waals surface area (Å²) in [6.45, 7) is 7.20. The van der Waals surface area contributed by atoms with Crippen LogP contribution in [0.3, 0.4) is 0 Å². The number of nitro groups is 1. The van der Waals surface area contributed by atoms with Gasteiger partial charge in [-0.25, -0.2) is 0 Å². The number of anilines is 2. The average molecular weight is 534 g/mol. The van der Waals surface area contributed by atoms with Gasteiger partial charge >= 0.3 is 0 Å². The van der Waals surface area contributed by atoms with E-state index in [4.69, 9.17) is 33.3 Å². The highest BCUT2D eigenvalue weighted by atomic mass is 35.5. The predicted molar refractivity (Wildman–Crippen MR) is 143 cm³/mol. The minimum Gasteiger partial charge on any atom is -0.492 e. The summed E-state index contributed by atoms with van der Waals surface area (Å²) >= 11 is 11.7. The molecule has 1 amide bonds. The molecule has 2 aliphatic rings. The number of carbonyl (C=O) groups excluding carboxylic acids is 1. The van der Waals surface area contributed by atoms with Crippen molar-refractivity contribution in [2.75, 3.05) is 68.9 Å². The van der Waals surface area contributed by atoms with Crippen LogP contribution < -0.4 is 19.9 Å². The Morgan fingerprint density at radius 3 is 2.47 bits per heavy atom. The van der Waals surface area contributed by atoms with Gasteiger partial charge in [0.25, 0.3) is 11.6 Å². The van der Waals surface area contributed by atoms with E-state index in [0.29, 0.717) is 86.2 Å². The Labute approximate surface area is 219 Å². The van der Waals surface area contributed by atoms with Crippen molar-refractivity contribution in [3.05, 3.63) is 57.1 Å². The molecule has 192 valence electrons. The lowest BCUT2D eigenvalue weighted by Gasteiger charge is -2.37. The summed E-state index contributed by atoms with van der Waals surface area (Å²) in [5, 5.41) is 15.1. The fourth-order valence-corrected chi connectivity index (χ4v) is 4.76. The molecule has 0 radical (unpaired) electrons. The summed E-state index contributed by atoms with van der Waals surface area (Å²) in [4.78, 5) is 30.0. The third kappa shape index (κ3) is 5.97. The van der Waals surface area contributed by atoms with E-state index in [0.717, 1.165) is 5.69 Å². The van der Waals surface area contributed by atoms with Gasteiger partial charge in [0.2, 0.25) is 0 Å². The number of nitrogens with one attached hydrogen (secondary N) is 1. The molecule has 2 aromatic carbocycles. The zero-order valence-electron chi connectivity index (χ0n) is 19.9. The fraction of sp³-hybridized carbons (Fsp3) is 0.417. The van der Waals surface area contributed by atoms with E-state index in [9.17, 15) is 14.9 Å². The summed E-state index contributed by atoms with van der Waals surface area (Å²) in [5.41, 5.74) is 2.02. The second kappa shape index (κ2) is 11.7. The molecule has 0 spiro atoms. The molecule has 2 saturated heterocycles. The molecule has 12 heteroatoms. The monoisotopic (exact) mass is 533 g/mol. The van der Waals surface area contributed by atoms with Crippen LogP contribution in [-0.2, 0) is 4.74 Å². The lowest BCUT2D eigenvalue weighted by Crippen LogP contribution is -2.52. The van der Waals surface area contributed by atoms with E-state index >= 15 is 0 Å². The first kappa shape index (κ1) is 25.9. The van der Waals surface area contributed by atoms with E-state index in [1.54, 1.807) is 30.3 Å². The van der Waals surface area contributed by atoms with Gasteiger partial charge in [-0.3, -0.25) is 20.2 Å². The molecular weight excluding hydrogens is 506 g/mol. The maximum Gasteiger partial charge on any atom is 0.292 e. The standard InChI is InChI=1S/C24H28ClN5O5S/c1-2-35-22-6-3-17(15-19(22)25)23(31)26-24(36)29-9-7-27(8-10-29)18-4-5-20(30(32)33)21(16-18)28-11-13-34-14-12-28/h3-6,15-16H,2,7-14H2,1H3,(H,26,31,36). The molecular formula is C24H28ClN5O5S. The molecule has 36 heavy (non-hydrogen) atoms. The number of nitrogens with zero attached hydrogens (tertiary/aromatic N) is 4. The van der Waals surface area contributed by atoms with Crippen LogP contribution in [0.5, 0.6) is 5.75 Å². The Hall–Kier alpha value is -3.15. The van der Waals surface area contributed by atoms with Crippen molar-refractivity contribution in [1.29, 1.82) is 0 Å². The number of piperazine rings is 1. The second-order valence-corrected chi connectivity index (χ2v) is 9.14. The SMILES string of the molecule is CCOc1ccc(C(=O)NC(=S)N2CCN(c3ccc([N+](=O)[O-])c(N4CCOCC4)c3)CC2)cc1Cl. The number of carbonyl (C=O) groups is 1. The number of amides is 1. The third-order valence-corrected chi connectivity index (χ3v) is 6.81. The molecule has 0 aliphatic carbocycles. The van der Waals surface area contributed by atoms with Gasteiger partial charge in [-0.05, 0) is 49.5 Å². The maximum absolute atomic E-state index is 12.7. The summed E-state index contributed by atoms with van der Waals surface area (Å²) in [6, 6.07) is 10.1. The zero-order valence-corrected chi connectivity index (χ0v) is 21.5. The van der Waals surface area contributed by atoms with Crippen molar-refractivity contribution in [2.24, 2.45) is 0 Å². The Balaban J connectivity index is 1.37. The minimum atomic E-state index is -0.342. The van der Waals surface area contributed by atoms with Gasteiger partial charge < -0.3 is 24.2 Å². The highest BCUT2D eigenvalue weighted by Gasteiger charge is 2.25. The van der Waals surface area contributed by atoms with Gasteiger partial charge in [0.15, 0.2) is 5.11 Å². The maximum atomic E-state index is 12.7. The smallest absolute Gasteiger partial charge is 0.292 e. The number of thiocarbonyl (C=S) groups is 1. The molecule has 1 N–H and O–H groups in total. The number of benzene rings is 2. The number of hydrogen-bond donors (Lipinski definition) is 1. The topological polar surface area (TPSA) is 100 Å². The van der Waals surface area contributed by atoms with Crippen LogP contribution >= 0.6 is 23.8 Å². The van der Waals surface area contributed by atoms with Crippen LogP contribution in [0.25, 0.3) is 0 Å².